The van der Waals surface area contributed by atoms with Crippen molar-refractivity contribution in [3.05, 3.63) is 54.4 Å². The van der Waals surface area contributed by atoms with Crippen LogP contribution in [0.2, 0.25) is 0 Å². The van der Waals surface area contributed by atoms with Crippen molar-refractivity contribution in [2.45, 2.75) is 54.5 Å². The van der Waals surface area contributed by atoms with E-state index in [0.29, 0.717) is 5.82 Å². The first-order valence-electron chi connectivity index (χ1n) is 10.3. The highest BCUT2D eigenvalue weighted by molar-refractivity contribution is 7.90. The van der Waals surface area contributed by atoms with Gasteiger partial charge in [-0.3, -0.25) is 0 Å². The van der Waals surface area contributed by atoms with Gasteiger partial charge in [-0.05, 0) is 49.2 Å². The Morgan fingerprint density at radius 1 is 0.903 bits per heavy atom. The molecule has 4 rings (SSSR count). The molecule has 1 aliphatic rings. The number of rotatable bonds is 7. The van der Waals surface area contributed by atoms with Crippen LogP contribution in [0, 0.1) is 0 Å². The highest BCUT2D eigenvalue weighted by Crippen LogP contribution is 2.21. The van der Waals surface area contributed by atoms with Gasteiger partial charge in [0, 0.05) is 13.1 Å². The SMILES string of the molecule is Cn1c(CNS(=O)(=O)c2ccc(S(=O)(=O)NC3CCCCC3)cc2)nc2ccccc21. The Morgan fingerprint density at radius 2 is 1.52 bits per heavy atom. The van der Waals surface area contributed by atoms with E-state index in [1.54, 1.807) is 0 Å². The van der Waals surface area contributed by atoms with Crippen molar-refractivity contribution in [3.63, 3.8) is 0 Å². The summed E-state index contributed by atoms with van der Waals surface area (Å²) in [6, 6.07) is 12.8. The number of aromatic nitrogens is 2. The normalized spacial score (nSPS) is 16.0. The smallest absolute Gasteiger partial charge is 0.240 e. The fraction of sp³-hybridized carbons (Fsp3) is 0.381. The van der Waals surface area contributed by atoms with Gasteiger partial charge in [0.15, 0.2) is 0 Å². The molecule has 31 heavy (non-hydrogen) atoms. The second-order valence-corrected chi connectivity index (χ2v) is 11.3. The number of sulfonamides is 2. The van der Waals surface area contributed by atoms with Crippen LogP contribution in [0.5, 0.6) is 0 Å². The van der Waals surface area contributed by atoms with E-state index in [0.717, 1.165) is 43.1 Å². The number of nitrogens with zero attached hydrogens (tertiary/aromatic N) is 2. The number of hydrogen-bond acceptors (Lipinski definition) is 5. The zero-order valence-electron chi connectivity index (χ0n) is 17.3. The molecule has 3 aromatic rings. The summed E-state index contributed by atoms with van der Waals surface area (Å²) in [5, 5.41) is 0. The minimum Gasteiger partial charge on any atom is -0.330 e. The van der Waals surface area contributed by atoms with Crippen molar-refractivity contribution in [2.75, 3.05) is 0 Å². The summed E-state index contributed by atoms with van der Waals surface area (Å²) in [6.45, 7) is 0.0246. The average molecular weight is 463 g/mol. The molecule has 0 saturated heterocycles. The second kappa shape index (κ2) is 8.70. The molecule has 1 fully saturated rings. The molecule has 1 heterocycles. The van der Waals surface area contributed by atoms with Crippen molar-refractivity contribution in [1.29, 1.82) is 0 Å². The summed E-state index contributed by atoms with van der Waals surface area (Å²) in [7, 11) is -5.67. The van der Waals surface area contributed by atoms with Crippen molar-refractivity contribution < 1.29 is 16.8 Å². The Bertz CT molecular complexity index is 1280. The van der Waals surface area contributed by atoms with Crippen LogP contribution >= 0.6 is 0 Å². The molecule has 0 spiro atoms. The largest absolute Gasteiger partial charge is 0.330 e. The van der Waals surface area contributed by atoms with Gasteiger partial charge < -0.3 is 4.57 Å². The number of hydrogen-bond donors (Lipinski definition) is 2. The van der Waals surface area contributed by atoms with E-state index < -0.39 is 20.0 Å². The summed E-state index contributed by atoms with van der Waals surface area (Å²) >= 11 is 0. The summed E-state index contributed by atoms with van der Waals surface area (Å²) in [5.74, 6) is 0.584. The van der Waals surface area contributed by atoms with E-state index in [9.17, 15) is 16.8 Å². The van der Waals surface area contributed by atoms with Gasteiger partial charge in [-0.2, -0.15) is 0 Å². The van der Waals surface area contributed by atoms with Gasteiger partial charge in [-0.15, -0.1) is 0 Å². The first-order valence-corrected chi connectivity index (χ1v) is 13.3. The molecular formula is C21H26N4O4S2. The Balaban J connectivity index is 1.46. The van der Waals surface area contributed by atoms with Gasteiger partial charge in [-0.1, -0.05) is 31.4 Å². The van der Waals surface area contributed by atoms with Gasteiger partial charge in [0.1, 0.15) is 5.82 Å². The number of benzene rings is 2. The lowest BCUT2D eigenvalue weighted by Crippen LogP contribution is -2.36. The molecule has 0 aliphatic heterocycles. The van der Waals surface area contributed by atoms with Crippen LogP contribution < -0.4 is 9.44 Å². The van der Waals surface area contributed by atoms with Crippen molar-refractivity contribution in [2.24, 2.45) is 7.05 Å². The monoisotopic (exact) mass is 462 g/mol. The predicted octanol–water partition coefficient (Wildman–Crippen LogP) is 2.66. The summed E-state index contributed by atoms with van der Waals surface area (Å²) in [4.78, 5) is 4.52. The van der Waals surface area contributed by atoms with Crippen molar-refractivity contribution >= 4 is 31.1 Å². The molecule has 166 valence electrons. The lowest BCUT2D eigenvalue weighted by Gasteiger charge is -2.22. The Morgan fingerprint density at radius 3 is 2.16 bits per heavy atom. The third-order valence-corrected chi connectivity index (χ3v) is 8.62. The number of aryl methyl sites for hydroxylation is 1. The first-order chi connectivity index (χ1) is 14.8. The van der Waals surface area contributed by atoms with E-state index >= 15 is 0 Å². The fourth-order valence-corrected chi connectivity index (χ4v) is 6.19. The zero-order chi connectivity index (χ0) is 22.1. The maximum absolute atomic E-state index is 12.7. The maximum Gasteiger partial charge on any atom is 0.240 e. The third kappa shape index (κ3) is 4.82. The molecule has 0 radical (unpaired) electrons. The minimum absolute atomic E-state index is 0.00267. The van der Waals surface area contributed by atoms with Gasteiger partial charge in [-0.25, -0.2) is 31.3 Å². The summed E-state index contributed by atoms with van der Waals surface area (Å²) in [6.07, 6.45) is 4.82. The molecule has 0 amide bonds. The molecular weight excluding hydrogens is 436 g/mol. The van der Waals surface area contributed by atoms with Gasteiger partial charge in [0.2, 0.25) is 20.0 Å². The Labute approximate surface area is 182 Å². The predicted molar refractivity (Wildman–Crippen MR) is 118 cm³/mol. The van der Waals surface area contributed by atoms with Crippen LogP contribution in [0.25, 0.3) is 11.0 Å². The Hall–Kier alpha value is -2.27. The summed E-state index contributed by atoms with van der Waals surface area (Å²) in [5.41, 5.74) is 1.70. The summed E-state index contributed by atoms with van der Waals surface area (Å²) < 4.78 is 57.7. The average Bonchev–Trinajstić information content (AvgIpc) is 3.09. The molecule has 2 aromatic carbocycles. The molecule has 1 aromatic heterocycles. The van der Waals surface area contributed by atoms with Gasteiger partial charge in [0.25, 0.3) is 0 Å². The van der Waals surface area contributed by atoms with E-state index in [2.05, 4.69) is 14.4 Å². The van der Waals surface area contributed by atoms with Crippen molar-refractivity contribution in [3.8, 4) is 0 Å². The van der Waals surface area contributed by atoms with Crippen LogP contribution in [0.1, 0.15) is 37.9 Å². The van der Waals surface area contributed by atoms with Crippen LogP contribution in [0.4, 0.5) is 0 Å². The highest BCUT2D eigenvalue weighted by atomic mass is 32.2. The van der Waals surface area contributed by atoms with E-state index in [1.165, 1.54) is 24.3 Å². The van der Waals surface area contributed by atoms with Crippen LogP contribution in [0.15, 0.2) is 58.3 Å². The lowest BCUT2D eigenvalue weighted by atomic mass is 9.96. The molecule has 1 saturated carbocycles. The fourth-order valence-electron chi connectivity index (χ4n) is 3.90. The number of imidazole rings is 1. The van der Waals surface area contributed by atoms with E-state index in [1.807, 2.05) is 35.9 Å². The molecule has 10 heteroatoms. The quantitative estimate of drug-likeness (QED) is 0.561. The second-order valence-electron chi connectivity index (χ2n) is 7.83. The van der Waals surface area contributed by atoms with Crippen LogP contribution in [-0.2, 0) is 33.6 Å². The van der Waals surface area contributed by atoms with Crippen molar-refractivity contribution in [1.82, 2.24) is 19.0 Å². The first kappa shape index (κ1) is 21.9. The maximum atomic E-state index is 12.7. The minimum atomic E-state index is -3.82. The highest BCUT2D eigenvalue weighted by Gasteiger charge is 2.23. The molecule has 1 aliphatic carbocycles. The third-order valence-electron chi connectivity index (χ3n) is 5.67. The zero-order valence-corrected chi connectivity index (χ0v) is 18.9. The molecule has 0 unspecified atom stereocenters. The number of fused-ring (bicyclic) bond motifs is 1. The molecule has 8 nitrogen and oxygen atoms in total. The molecule has 0 atom stereocenters. The Kier molecular flexibility index (Phi) is 6.16. The molecule has 0 bridgehead atoms. The van der Waals surface area contributed by atoms with E-state index in [4.69, 9.17) is 0 Å². The van der Waals surface area contributed by atoms with Gasteiger partial charge >= 0.3 is 0 Å². The topological polar surface area (TPSA) is 110 Å². The lowest BCUT2D eigenvalue weighted by molar-refractivity contribution is 0.412. The van der Waals surface area contributed by atoms with E-state index in [-0.39, 0.29) is 22.4 Å². The van der Waals surface area contributed by atoms with Gasteiger partial charge in [0.05, 0.1) is 27.4 Å². The number of nitrogens with one attached hydrogen (secondary N) is 2. The van der Waals surface area contributed by atoms with Crippen LogP contribution in [0.3, 0.4) is 0 Å². The number of para-hydroxylation sites is 2. The molecule has 2 N–H and O–H groups in total. The standard InChI is InChI=1S/C21H26N4O4S2/c1-25-20-10-6-5-9-19(20)23-21(25)15-22-30(26,27)17-11-13-18(14-12-17)31(28,29)24-16-7-3-2-4-8-16/h5-6,9-14,16,22,24H,2-4,7-8,15H2,1H3. The van der Waals surface area contributed by atoms with Crippen LogP contribution in [-0.4, -0.2) is 32.4 Å².